The number of methoxy groups -OCH3 is 1. The highest BCUT2D eigenvalue weighted by molar-refractivity contribution is 5.97. The van der Waals surface area contributed by atoms with Gasteiger partial charge in [-0.15, -0.1) is 0 Å². The van der Waals surface area contributed by atoms with E-state index in [4.69, 9.17) is 14.4 Å². The van der Waals surface area contributed by atoms with E-state index in [1.165, 1.54) is 13.3 Å². The number of hydrogen-bond acceptors (Lipinski definition) is 5. The van der Waals surface area contributed by atoms with Crippen LogP contribution < -0.4 is 10.2 Å². The normalized spacial score (nSPS) is 10.5. The summed E-state index contributed by atoms with van der Waals surface area (Å²) in [5, 5.41) is 13.1. The number of carbonyl (C=O) groups excluding carboxylic acids is 1. The lowest BCUT2D eigenvalue weighted by Crippen LogP contribution is -2.18. The Labute approximate surface area is 150 Å². The predicted octanol–water partition coefficient (Wildman–Crippen LogP) is 3.59. The van der Waals surface area contributed by atoms with Crippen molar-refractivity contribution in [2.75, 3.05) is 7.11 Å². The van der Waals surface area contributed by atoms with Crippen molar-refractivity contribution in [3.05, 3.63) is 77.6 Å². The lowest BCUT2D eigenvalue weighted by atomic mass is 10.1. The zero-order valence-corrected chi connectivity index (χ0v) is 14.0. The zero-order valence-electron chi connectivity index (χ0n) is 14.0. The minimum Gasteiger partial charge on any atom is -0.496 e. The molecular formula is C20H15N3O3. The summed E-state index contributed by atoms with van der Waals surface area (Å²) < 4.78 is 10.8. The van der Waals surface area contributed by atoms with Crippen LogP contribution in [0.1, 0.15) is 21.7 Å². The Kier molecular flexibility index (Phi) is 5.11. The molecule has 0 aliphatic carbocycles. The number of carbonyl (C=O) groups is 1. The number of benzene rings is 2. The third kappa shape index (κ3) is 3.62. The molecule has 128 valence electrons. The Bertz CT molecular complexity index is 999. The van der Waals surface area contributed by atoms with Crippen LogP contribution in [-0.2, 0) is 0 Å². The molecule has 0 saturated carbocycles. The maximum absolute atomic E-state index is 12.2. The largest absolute Gasteiger partial charge is 0.496 e. The number of hydrogen-bond donors (Lipinski definition) is 1. The van der Waals surface area contributed by atoms with Gasteiger partial charge in [-0.25, -0.2) is 5.43 Å². The minimum absolute atomic E-state index is 0.384. The molecule has 1 aromatic heterocycles. The first kappa shape index (κ1) is 17.0. The molecule has 0 bridgehead atoms. The highest BCUT2D eigenvalue weighted by atomic mass is 16.5. The molecule has 6 nitrogen and oxygen atoms in total. The molecule has 1 heterocycles. The van der Waals surface area contributed by atoms with Gasteiger partial charge in [-0.05, 0) is 36.4 Å². The average Bonchev–Trinajstić information content (AvgIpc) is 3.16. The predicted molar refractivity (Wildman–Crippen MR) is 96.9 cm³/mol. The smallest absolute Gasteiger partial charge is 0.275 e. The second-order valence-corrected chi connectivity index (χ2v) is 5.26. The number of nitriles is 1. The minimum atomic E-state index is -0.389. The van der Waals surface area contributed by atoms with Crippen molar-refractivity contribution >= 4 is 12.1 Å². The van der Waals surface area contributed by atoms with Gasteiger partial charge < -0.3 is 9.15 Å². The van der Waals surface area contributed by atoms with Gasteiger partial charge in [0.2, 0.25) is 0 Å². The number of furan rings is 1. The number of rotatable bonds is 5. The first-order valence-electron chi connectivity index (χ1n) is 7.78. The van der Waals surface area contributed by atoms with E-state index in [0.717, 1.165) is 0 Å². The lowest BCUT2D eigenvalue weighted by molar-refractivity contribution is 0.0952. The van der Waals surface area contributed by atoms with Crippen LogP contribution in [0, 0.1) is 11.3 Å². The third-order valence-electron chi connectivity index (χ3n) is 3.65. The molecule has 0 saturated heterocycles. The van der Waals surface area contributed by atoms with Crippen LogP contribution in [0.4, 0.5) is 0 Å². The fourth-order valence-corrected chi connectivity index (χ4v) is 2.41. The molecule has 0 radical (unpaired) electrons. The Morgan fingerprint density at radius 1 is 1.15 bits per heavy atom. The average molecular weight is 345 g/mol. The van der Waals surface area contributed by atoms with Crippen LogP contribution in [0.5, 0.6) is 5.75 Å². The summed E-state index contributed by atoms with van der Waals surface area (Å²) in [7, 11) is 1.50. The first-order valence-corrected chi connectivity index (χ1v) is 7.78. The Morgan fingerprint density at radius 3 is 2.73 bits per heavy atom. The van der Waals surface area contributed by atoms with Crippen LogP contribution >= 0.6 is 0 Å². The van der Waals surface area contributed by atoms with Crippen molar-refractivity contribution in [1.82, 2.24) is 5.43 Å². The van der Waals surface area contributed by atoms with Gasteiger partial charge in [-0.3, -0.25) is 4.79 Å². The van der Waals surface area contributed by atoms with E-state index in [9.17, 15) is 4.79 Å². The Morgan fingerprint density at radius 2 is 1.92 bits per heavy atom. The molecule has 0 aliphatic heterocycles. The molecule has 0 fully saturated rings. The van der Waals surface area contributed by atoms with Crippen molar-refractivity contribution in [2.24, 2.45) is 5.10 Å². The molecule has 3 aromatic rings. The van der Waals surface area contributed by atoms with Gasteiger partial charge >= 0.3 is 0 Å². The van der Waals surface area contributed by atoms with Gasteiger partial charge in [0.25, 0.3) is 5.91 Å². The molecule has 1 N–H and O–H groups in total. The fraction of sp³-hybridized carbons (Fsp3) is 0.0500. The van der Waals surface area contributed by atoms with Crippen LogP contribution in [-0.4, -0.2) is 19.2 Å². The molecule has 26 heavy (non-hydrogen) atoms. The lowest BCUT2D eigenvalue weighted by Gasteiger charge is -2.05. The quantitative estimate of drug-likeness (QED) is 0.565. The number of ether oxygens (including phenoxy) is 1. The van der Waals surface area contributed by atoms with E-state index < -0.39 is 0 Å². The number of nitrogens with one attached hydrogen (secondary N) is 1. The van der Waals surface area contributed by atoms with Gasteiger partial charge in [0, 0.05) is 5.56 Å². The van der Waals surface area contributed by atoms with Crippen molar-refractivity contribution in [2.45, 2.75) is 0 Å². The molecule has 0 atom stereocenters. The molecule has 0 aliphatic rings. The van der Waals surface area contributed by atoms with Gasteiger partial charge in [-0.2, -0.15) is 10.4 Å². The van der Waals surface area contributed by atoms with Crippen LogP contribution in [0.2, 0.25) is 0 Å². The molecule has 0 unspecified atom stereocenters. The van der Waals surface area contributed by atoms with E-state index in [0.29, 0.717) is 34.0 Å². The standard InChI is InChI=1S/C20H15N3O3/c1-25-18-9-5-4-8-17(18)20(24)23-22-13-15-10-11-19(26-15)16-7-3-2-6-14(16)12-21/h2-11,13H,1H3,(H,23,24). The maximum Gasteiger partial charge on any atom is 0.275 e. The maximum atomic E-state index is 12.2. The summed E-state index contributed by atoms with van der Waals surface area (Å²) in [6, 6.07) is 19.6. The van der Waals surface area contributed by atoms with Gasteiger partial charge in [0.05, 0.1) is 30.5 Å². The van der Waals surface area contributed by atoms with E-state index >= 15 is 0 Å². The highest BCUT2D eigenvalue weighted by Gasteiger charge is 2.11. The van der Waals surface area contributed by atoms with Crippen molar-refractivity contribution in [3.8, 4) is 23.1 Å². The number of hydrazone groups is 1. The van der Waals surface area contributed by atoms with Crippen molar-refractivity contribution in [1.29, 1.82) is 5.26 Å². The van der Waals surface area contributed by atoms with E-state index in [1.807, 2.05) is 12.1 Å². The fourth-order valence-electron chi connectivity index (χ4n) is 2.41. The zero-order chi connectivity index (χ0) is 18.4. The topological polar surface area (TPSA) is 87.6 Å². The van der Waals surface area contributed by atoms with Gasteiger partial charge in [0.15, 0.2) is 0 Å². The summed E-state index contributed by atoms with van der Waals surface area (Å²) in [5.74, 6) is 1.08. The van der Waals surface area contributed by atoms with Gasteiger partial charge in [0.1, 0.15) is 17.3 Å². The molecule has 3 rings (SSSR count). The van der Waals surface area contributed by atoms with E-state index in [-0.39, 0.29) is 5.91 Å². The third-order valence-corrected chi connectivity index (χ3v) is 3.65. The van der Waals surface area contributed by atoms with Crippen molar-refractivity contribution in [3.63, 3.8) is 0 Å². The molecule has 2 aromatic carbocycles. The number of amides is 1. The van der Waals surface area contributed by atoms with Crippen LogP contribution in [0.25, 0.3) is 11.3 Å². The summed E-state index contributed by atoms with van der Waals surface area (Å²) in [4.78, 5) is 12.2. The van der Waals surface area contributed by atoms with Gasteiger partial charge in [-0.1, -0.05) is 24.3 Å². The SMILES string of the molecule is COc1ccccc1C(=O)NN=Cc1ccc(-c2ccccc2C#N)o1. The summed E-state index contributed by atoms with van der Waals surface area (Å²) in [6.07, 6.45) is 1.39. The Balaban J connectivity index is 1.71. The second-order valence-electron chi connectivity index (χ2n) is 5.26. The molecule has 6 heteroatoms. The number of nitrogens with zero attached hydrogens (tertiary/aromatic N) is 2. The summed E-state index contributed by atoms with van der Waals surface area (Å²) >= 11 is 0. The molecule has 0 spiro atoms. The number of para-hydroxylation sites is 1. The van der Waals surface area contributed by atoms with E-state index in [1.54, 1.807) is 48.5 Å². The summed E-state index contributed by atoms with van der Waals surface area (Å²) in [6.45, 7) is 0. The monoisotopic (exact) mass is 345 g/mol. The highest BCUT2D eigenvalue weighted by Crippen LogP contribution is 2.24. The summed E-state index contributed by atoms with van der Waals surface area (Å²) in [5.41, 5.74) is 4.04. The van der Waals surface area contributed by atoms with Crippen molar-refractivity contribution < 1.29 is 13.9 Å². The Hall–Kier alpha value is -3.85. The second kappa shape index (κ2) is 7.81. The molecule has 1 amide bonds. The molecular weight excluding hydrogens is 330 g/mol. The van der Waals surface area contributed by atoms with Crippen LogP contribution in [0.15, 0.2) is 70.2 Å². The first-order chi connectivity index (χ1) is 12.7. The van der Waals surface area contributed by atoms with E-state index in [2.05, 4.69) is 16.6 Å². The van der Waals surface area contributed by atoms with Crippen LogP contribution in [0.3, 0.4) is 0 Å².